The van der Waals surface area contributed by atoms with E-state index in [0.29, 0.717) is 13.8 Å². The van der Waals surface area contributed by atoms with E-state index in [9.17, 15) is 38.0 Å². The van der Waals surface area contributed by atoms with E-state index in [1.165, 1.54) is 0 Å². The smallest absolute Gasteiger partial charge is 0.756 e. The Balaban J connectivity index is -0.000000540. The molecule has 0 radical (unpaired) electrons. The van der Waals surface area contributed by atoms with Crippen molar-refractivity contribution in [1.29, 1.82) is 0 Å². The second-order valence-electron chi connectivity index (χ2n) is 2.67. The van der Waals surface area contributed by atoms with Gasteiger partial charge in [-0.3, -0.25) is 23.3 Å². The largest absolute Gasteiger partial charge is 1.00 e. The molecule has 0 aromatic rings. The van der Waals surface area contributed by atoms with Crippen LogP contribution in [0.2, 0.25) is 0 Å². The molecule has 2 atom stereocenters. The molecule has 0 saturated carbocycles. The molecule has 18 heteroatoms. The fraction of sp³-hybridized carbons (Fsp3) is 0.500. The Kier molecular flexibility index (Phi) is 18.6. The van der Waals surface area contributed by atoms with E-state index in [1.54, 1.807) is 0 Å². The molecule has 112 valence electrons. The van der Waals surface area contributed by atoms with Crippen molar-refractivity contribution in [2.45, 2.75) is 13.8 Å². The molecule has 0 rings (SSSR count). The van der Waals surface area contributed by atoms with E-state index in [4.69, 9.17) is 0 Å². The summed E-state index contributed by atoms with van der Waals surface area (Å²) in [4.78, 5) is 53.0. The number of carbonyl (C=O) groups excluding carboxylic acids is 2. The fourth-order valence-electron chi connectivity index (χ4n) is 0.608. The van der Waals surface area contributed by atoms with Gasteiger partial charge in [-0.05, 0) is 0 Å². The van der Waals surface area contributed by atoms with Gasteiger partial charge in [0.25, 0.3) is 7.82 Å². The topological polar surface area (TPSA) is 191 Å². The molecule has 0 amide bonds. The Morgan fingerprint density at radius 3 is 1.09 bits per heavy atom. The van der Waals surface area contributed by atoms with E-state index in [2.05, 4.69) is 17.7 Å². The van der Waals surface area contributed by atoms with Crippen molar-refractivity contribution in [1.82, 2.24) is 0 Å². The Hall–Kier alpha value is 2.43. The van der Waals surface area contributed by atoms with Crippen molar-refractivity contribution in [2.75, 3.05) is 0 Å². The standard InChI is InChI=1S/C4H9O12P3.3Na/c1-3(5)13-17(7,8)15-19(11,12)16-18(9,10)14-4(2)6;;;/h1-2H3,(H,7,8)(H,9,10)(H,11,12);;;/q;3*+1/p-3. The Morgan fingerprint density at radius 1 is 0.682 bits per heavy atom. The molecule has 0 spiro atoms. The van der Waals surface area contributed by atoms with Crippen molar-refractivity contribution in [3.05, 3.63) is 0 Å². The number of carbonyl (C=O) groups is 2. The molecule has 12 nitrogen and oxygen atoms in total. The molecule has 0 fully saturated rings. The summed E-state index contributed by atoms with van der Waals surface area (Å²) in [5.41, 5.74) is 0. The Labute approximate surface area is 191 Å². The minimum atomic E-state index is -6.00. The SMILES string of the molecule is CC(=O)OP(=O)([O-])OP(=O)([O-])OP(=O)([O-])OC(C)=O.[Na+].[Na+].[Na+]. The van der Waals surface area contributed by atoms with Crippen LogP contribution in [0.4, 0.5) is 0 Å². The molecule has 22 heavy (non-hydrogen) atoms. The quantitative estimate of drug-likeness (QED) is 0.298. The third kappa shape index (κ3) is 17.3. The van der Waals surface area contributed by atoms with Gasteiger partial charge in [0.1, 0.15) is 0 Å². The maximum atomic E-state index is 10.9. The van der Waals surface area contributed by atoms with Crippen LogP contribution in [0.3, 0.4) is 0 Å². The molecule has 2 unspecified atom stereocenters. The van der Waals surface area contributed by atoms with Crippen LogP contribution >= 0.6 is 23.5 Å². The third-order valence-corrected chi connectivity index (χ3v) is 5.04. The van der Waals surface area contributed by atoms with Crippen LogP contribution in [-0.4, -0.2) is 11.9 Å². The second-order valence-corrected chi connectivity index (χ2v) is 7.03. The summed E-state index contributed by atoms with van der Waals surface area (Å²) in [5, 5.41) is 0. The molecule has 0 N–H and O–H groups in total. The molecular weight excluding hydrogens is 402 g/mol. The third-order valence-electron chi connectivity index (χ3n) is 0.881. The van der Waals surface area contributed by atoms with E-state index in [0.717, 1.165) is 0 Å². The van der Waals surface area contributed by atoms with Crippen LogP contribution in [-0.2, 0) is 41.0 Å². The molecule has 0 aromatic carbocycles. The van der Waals surface area contributed by atoms with Crippen LogP contribution in [0, 0.1) is 0 Å². The van der Waals surface area contributed by atoms with Crippen molar-refractivity contribution in [3.8, 4) is 0 Å². The summed E-state index contributed by atoms with van der Waals surface area (Å²) in [6.07, 6.45) is 0. The molecule has 0 saturated heterocycles. The van der Waals surface area contributed by atoms with Gasteiger partial charge >= 0.3 is 116 Å². The molecule has 0 aliphatic rings. The predicted molar refractivity (Wildman–Crippen MR) is 48.5 cm³/mol. The number of hydrogen-bond acceptors (Lipinski definition) is 12. The van der Waals surface area contributed by atoms with Crippen LogP contribution < -0.4 is 103 Å². The van der Waals surface area contributed by atoms with Gasteiger partial charge in [0.15, 0.2) is 0 Å². The van der Waals surface area contributed by atoms with Crippen molar-refractivity contribution >= 4 is 35.4 Å². The van der Waals surface area contributed by atoms with Gasteiger partial charge in [-0.1, -0.05) is 0 Å². The van der Waals surface area contributed by atoms with Crippen LogP contribution in [0.1, 0.15) is 13.8 Å². The summed E-state index contributed by atoms with van der Waals surface area (Å²) >= 11 is 0. The molecule has 0 bridgehead atoms. The average molecular weight is 408 g/mol. The van der Waals surface area contributed by atoms with Gasteiger partial charge in [0, 0.05) is 13.8 Å². The van der Waals surface area contributed by atoms with Gasteiger partial charge in [-0.25, -0.2) is 8.62 Å². The molecular formula is C4H6Na3O12P3. The van der Waals surface area contributed by atoms with E-state index in [1.807, 2.05) is 0 Å². The van der Waals surface area contributed by atoms with Gasteiger partial charge < -0.3 is 23.7 Å². The number of phosphoric acid groups is 3. The summed E-state index contributed by atoms with van der Waals surface area (Å²) < 4.78 is 45.8. The first-order valence-corrected chi connectivity index (χ1v) is 8.39. The molecule has 0 heterocycles. The van der Waals surface area contributed by atoms with Gasteiger partial charge in [-0.2, -0.15) is 0 Å². The summed E-state index contributed by atoms with van der Waals surface area (Å²) in [6, 6.07) is 0. The minimum Gasteiger partial charge on any atom is -0.756 e. The van der Waals surface area contributed by atoms with Crippen LogP contribution in [0.5, 0.6) is 0 Å². The van der Waals surface area contributed by atoms with Crippen molar-refractivity contribution in [2.24, 2.45) is 0 Å². The zero-order chi connectivity index (χ0) is 15.5. The normalized spacial score (nSPS) is 17.7. The number of rotatable bonds is 6. The first-order chi connectivity index (χ1) is 8.25. The Morgan fingerprint density at radius 2 is 0.909 bits per heavy atom. The number of hydrogen-bond donors (Lipinski definition) is 0. The maximum absolute atomic E-state index is 10.9. The monoisotopic (exact) mass is 408 g/mol. The summed E-state index contributed by atoms with van der Waals surface area (Å²) in [5.74, 6) is -2.88. The van der Waals surface area contributed by atoms with Crippen LogP contribution in [0.15, 0.2) is 0 Å². The first kappa shape index (κ1) is 32.1. The van der Waals surface area contributed by atoms with Crippen molar-refractivity contribution < 1.29 is 144 Å². The second kappa shape index (κ2) is 12.7. The van der Waals surface area contributed by atoms with Gasteiger partial charge in [0.2, 0.25) is 0 Å². The summed E-state index contributed by atoms with van der Waals surface area (Å²) in [7, 11) is -17.4. The minimum absolute atomic E-state index is 0. The zero-order valence-electron chi connectivity index (χ0n) is 12.2. The van der Waals surface area contributed by atoms with E-state index < -0.39 is 35.4 Å². The fourth-order valence-corrected chi connectivity index (χ4v) is 3.85. The van der Waals surface area contributed by atoms with Crippen molar-refractivity contribution in [3.63, 3.8) is 0 Å². The first-order valence-electron chi connectivity index (χ1n) is 4.01. The van der Waals surface area contributed by atoms with E-state index >= 15 is 0 Å². The molecule has 0 aliphatic carbocycles. The van der Waals surface area contributed by atoms with Crippen LogP contribution in [0.25, 0.3) is 0 Å². The predicted octanol–water partition coefficient (Wildman–Crippen LogP) is -10.4. The molecule has 0 aliphatic heterocycles. The van der Waals surface area contributed by atoms with Gasteiger partial charge in [-0.15, -0.1) is 0 Å². The van der Waals surface area contributed by atoms with E-state index in [-0.39, 0.29) is 88.7 Å². The maximum Gasteiger partial charge on any atom is 1.00 e. The summed E-state index contributed by atoms with van der Waals surface area (Å²) in [6.45, 7) is 1.23. The van der Waals surface area contributed by atoms with Gasteiger partial charge in [0.05, 0.1) is 0 Å². The zero-order valence-corrected chi connectivity index (χ0v) is 20.9. The number of phosphoric ester groups is 2. The Bertz CT molecular complexity index is 478. The molecule has 0 aromatic heterocycles. The average Bonchev–Trinajstić information content (AvgIpc) is 1.89.